The van der Waals surface area contributed by atoms with Crippen molar-refractivity contribution in [1.29, 1.82) is 5.26 Å². The zero-order valence-corrected chi connectivity index (χ0v) is 15.6. The van der Waals surface area contributed by atoms with E-state index < -0.39 is 0 Å². The first-order chi connectivity index (χ1) is 12.7. The highest BCUT2D eigenvalue weighted by Gasteiger charge is 2.22. The van der Waals surface area contributed by atoms with Crippen molar-refractivity contribution in [1.82, 2.24) is 9.80 Å². The molecule has 0 atom stereocenters. The molecule has 140 valence electrons. The Morgan fingerprint density at radius 1 is 1.04 bits per heavy atom. The summed E-state index contributed by atoms with van der Waals surface area (Å²) in [5.41, 5.74) is 1.51. The van der Waals surface area contributed by atoms with Gasteiger partial charge in [-0.05, 0) is 56.0 Å². The molecule has 5 nitrogen and oxygen atoms in total. The van der Waals surface area contributed by atoms with E-state index in [1.54, 1.807) is 12.1 Å². The van der Waals surface area contributed by atoms with Crippen molar-refractivity contribution in [2.45, 2.75) is 38.5 Å². The third-order valence-electron chi connectivity index (χ3n) is 5.64. The summed E-state index contributed by atoms with van der Waals surface area (Å²) in [5.74, 6) is 1.03. The lowest BCUT2D eigenvalue weighted by molar-refractivity contribution is -0.129. The molecule has 0 spiro atoms. The summed E-state index contributed by atoms with van der Waals surface area (Å²) >= 11 is 0. The Balaban J connectivity index is 1.42. The molecule has 2 aliphatic rings. The Hall–Kier alpha value is -2.06. The molecule has 1 aromatic rings. The molecular formula is C21H30N4O. The smallest absolute Gasteiger partial charge is 0.241 e. The highest BCUT2D eigenvalue weighted by molar-refractivity contribution is 5.80. The standard InChI is InChI=1S/C21H30N4O/c22-15-18-7-9-20(10-8-18)23-16-21(26)25-12-4-11-24(13-14-25)17-19-5-2-1-3-6-19/h7-10,19,23H,1-6,11-14,16-17H2. The van der Waals surface area contributed by atoms with Crippen LogP contribution in [-0.2, 0) is 4.79 Å². The van der Waals surface area contributed by atoms with E-state index in [-0.39, 0.29) is 5.91 Å². The molecule has 5 heteroatoms. The number of hydrogen-bond donors (Lipinski definition) is 1. The van der Waals surface area contributed by atoms with Crippen LogP contribution in [0.3, 0.4) is 0 Å². The maximum absolute atomic E-state index is 12.5. The topological polar surface area (TPSA) is 59.4 Å². The van der Waals surface area contributed by atoms with Gasteiger partial charge in [0, 0.05) is 31.9 Å². The second kappa shape index (κ2) is 9.59. The number of hydrogen-bond acceptors (Lipinski definition) is 4. The van der Waals surface area contributed by atoms with Crippen molar-refractivity contribution in [3.05, 3.63) is 29.8 Å². The third-order valence-corrected chi connectivity index (χ3v) is 5.64. The van der Waals surface area contributed by atoms with Crippen LogP contribution in [0.25, 0.3) is 0 Å². The summed E-state index contributed by atoms with van der Waals surface area (Å²) < 4.78 is 0. The summed E-state index contributed by atoms with van der Waals surface area (Å²) in [6, 6.07) is 9.33. The quantitative estimate of drug-likeness (QED) is 0.883. The van der Waals surface area contributed by atoms with Crippen LogP contribution in [0.1, 0.15) is 44.1 Å². The Bertz CT molecular complexity index is 616. The molecule has 0 aromatic heterocycles. The lowest BCUT2D eigenvalue weighted by Crippen LogP contribution is -2.39. The summed E-state index contributed by atoms with van der Waals surface area (Å²) in [5, 5.41) is 12.0. The molecule has 1 saturated heterocycles. The number of benzene rings is 1. The van der Waals surface area contributed by atoms with Gasteiger partial charge in [0.25, 0.3) is 0 Å². The van der Waals surface area contributed by atoms with E-state index in [1.165, 1.54) is 38.6 Å². The molecule has 1 aliphatic heterocycles. The van der Waals surface area contributed by atoms with Gasteiger partial charge in [0.1, 0.15) is 0 Å². The van der Waals surface area contributed by atoms with E-state index in [0.29, 0.717) is 12.1 Å². The van der Waals surface area contributed by atoms with Crippen molar-refractivity contribution < 1.29 is 4.79 Å². The summed E-state index contributed by atoms with van der Waals surface area (Å²) in [6.07, 6.45) is 8.02. The van der Waals surface area contributed by atoms with Gasteiger partial charge < -0.3 is 15.1 Å². The third kappa shape index (κ3) is 5.47. The molecule has 0 bridgehead atoms. The van der Waals surface area contributed by atoms with Gasteiger partial charge in [-0.2, -0.15) is 5.26 Å². The van der Waals surface area contributed by atoms with E-state index in [2.05, 4.69) is 16.3 Å². The maximum Gasteiger partial charge on any atom is 0.241 e. The maximum atomic E-state index is 12.5. The van der Waals surface area contributed by atoms with E-state index in [9.17, 15) is 4.79 Å². The number of amides is 1. The number of carbonyl (C=O) groups is 1. The lowest BCUT2D eigenvalue weighted by atomic mass is 9.89. The van der Waals surface area contributed by atoms with Gasteiger partial charge >= 0.3 is 0 Å². The molecule has 1 saturated carbocycles. The van der Waals surface area contributed by atoms with Gasteiger partial charge in [0.15, 0.2) is 0 Å². The highest BCUT2D eigenvalue weighted by Crippen LogP contribution is 2.24. The van der Waals surface area contributed by atoms with Gasteiger partial charge in [-0.3, -0.25) is 4.79 Å². The molecular weight excluding hydrogens is 324 g/mol. The van der Waals surface area contributed by atoms with Crippen LogP contribution in [0, 0.1) is 17.2 Å². The number of nitrogens with zero attached hydrogens (tertiary/aromatic N) is 3. The number of rotatable bonds is 5. The second-order valence-corrected chi connectivity index (χ2v) is 7.58. The minimum absolute atomic E-state index is 0.161. The van der Waals surface area contributed by atoms with E-state index >= 15 is 0 Å². The van der Waals surface area contributed by atoms with Crippen LogP contribution in [0.5, 0.6) is 0 Å². The van der Waals surface area contributed by atoms with Gasteiger partial charge in [-0.15, -0.1) is 0 Å². The van der Waals surface area contributed by atoms with Crippen molar-refractivity contribution >= 4 is 11.6 Å². The van der Waals surface area contributed by atoms with Crippen molar-refractivity contribution in [3.63, 3.8) is 0 Å². The number of nitrogens with one attached hydrogen (secondary N) is 1. The van der Waals surface area contributed by atoms with Gasteiger partial charge in [0.05, 0.1) is 18.2 Å². The van der Waals surface area contributed by atoms with E-state index in [0.717, 1.165) is 44.2 Å². The SMILES string of the molecule is N#Cc1ccc(NCC(=O)N2CCCN(CC3CCCCC3)CC2)cc1. The van der Waals surface area contributed by atoms with E-state index in [4.69, 9.17) is 5.26 Å². The Morgan fingerprint density at radius 3 is 2.54 bits per heavy atom. The molecule has 0 unspecified atom stereocenters. The first kappa shape index (κ1) is 18.7. The predicted molar refractivity (Wildman–Crippen MR) is 104 cm³/mol. The van der Waals surface area contributed by atoms with Crippen LogP contribution >= 0.6 is 0 Å². The molecule has 2 fully saturated rings. The minimum Gasteiger partial charge on any atom is -0.376 e. The Kier molecular flexibility index (Phi) is 6.90. The van der Waals surface area contributed by atoms with Crippen molar-refractivity contribution in [2.75, 3.05) is 44.6 Å². The lowest BCUT2D eigenvalue weighted by Gasteiger charge is -2.28. The fraction of sp³-hybridized carbons (Fsp3) is 0.619. The average Bonchev–Trinajstić information content (AvgIpc) is 2.93. The molecule has 1 heterocycles. The van der Waals surface area contributed by atoms with Gasteiger partial charge in [-0.1, -0.05) is 19.3 Å². The normalized spacial score (nSPS) is 19.6. The monoisotopic (exact) mass is 354 g/mol. The first-order valence-electron chi connectivity index (χ1n) is 9.99. The minimum atomic E-state index is 0.161. The van der Waals surface area contributed by atoms with E-state index in [1.807, 2.05) is 17.0 Å². The molecule has 1 aliphatic carbocycles. The molecule has 1 aromatic carbocycles. The zero-order chi connectivity index (χ0) is 18.2. The fourth-order valence-corrected chi connectivity index (χ4v) is 4.09. The van der Waals surface area contributed by atoms with Crippen LogP contribution in [0.4, 0.5) is 5.69 Å². The summed E-state index contributed by atoms with van der Waals surface area (Å²) in [7, 11) is 0. The molecule has 1 amide bonds. The first-order valence-corrected chi connectivity index (χ1v) is 9.99. The highest BCUT2D eigenvalue weighted by atomic mass is 16.2. The summed E-state index contributed by atoms with van der Waals surface area (Å²) in [4.78, 5) is 17.1. The van der Waals surface area contributed by atoms with Gasteiger partial charge in [0.2, 0.25) is 5.91 Å². The van der Waals surface area contributed by atoms with Crippen LogP contribution in [0.2, 0.25) is 0 Å². The second-order valence-electron chi connectivity index (χ2n) is 7.58. The fourth-order valence-electron chi connectivity index (χ4n) is 4.09. The summed E-state index contributed by atoms with van der Waals surface area (Å²) in [6.45, 7) is 5.33. The van der Waals surface area contributed by atoms with Crippen molar-refractivity contribution in [3.8, 4) is 6.07 Å². The number of anilines is 1. The van der Waals surface area contributed by atoms with Gasteiger partial charge in [-0.25, -0.2) is 0 Å². The van der Waals surface area contributed by atoms with Crippen LogP contribution in [-0.4, -0.2) is 55.0 Å². The van der Waals surface area contributed by atoms with Crippen LogP contribution < -0.4 is 5.32 Å². The largest absolute Gasteiger partial charge is 0.376 e. The molecule has 26 heavy (non-hydrogen) atoms. The average molecular weight is 354 g/mol. The van der Waals surface area contributed by atoms with Crippen LogP contribution in [0.15, 0.2) is 24.3 Å². The Labute approximate surface area is 157 Å². The zero-order valence-electron chi connectivity index (χ0n) is 15.6. The number of carbonyl (C=O) groups excluding carboxylic acids is 1. The molecule has 0 radical (unpaired) electrons. The predicted octanol–water partition coefficient (Wildman–Crippen LogP) is 3.08. The molecule has 1 N–H and O–H groups in total. The van der Waals surface area contributed by atoms with Crippen molar-refractivity contribution in [2.24, 2.45) is 5.92 Å². The Morgan fingerprint density at radius 2 is 1.81 bits per heavy atom. The number of nitriles is 1. The molecule has 3 rings (SSSR count).